The smallest absolute Gasteiger partial charge is 0.237 e. The van der Waals surface area contributed by atoms with Crippen LogP contribution in [-0.4, -0.2) is 40.6 Å². The molecule has 7 nitrogen and oxygen atoms in total. The fourth-order valence-corrected chi connectivity index (χ4v) is 4.79. The maximum atomic E-state index is 13.1. The van der Waals surface area contributed by atoms with Crippen LogP contribution in [0.5, 0.6) is 11.5 Å². The molecule has 0 bridgehead atoms. The second-order valence-corrected chi connectivity index (χ2v) is 9.80. The number of ether oxygens (including phenoxy) is 2. The van der Waals surface area contributed by atoms with E-state index in [1.54, 1.807) is 14.2 Å². The van der Waals surface area contributed by atoms with Crippen molar-refractivity contribution in [2.24, 2.45) is 0 Å². The van der Waals surface area contributed by atoms with Crippen LogP contribution in [0.25, 0.3) is 22.5 Å². The van der Waals surface area contributed by atoms with Gasteiger partial charge in [0.1, 0.15) is 22.9 Å². The Kier molecular flexibility index (Phi) is 8.40. The highest BCUT2D eigenvalue weighted by molar-refractivity contribution is 8.00. The van der Waals surface area contributed by atoms with Gasteiger partial charge >= 0.3 is 0 Å². The topological polar surface area (TPSA) is 86.2 Å². The van der Waals surface area contributed by atoms with E-state index in [9.17, 15) is 4.79 Å². The van der Waals surface area contributed by atoms with E-state index in [0.717, 1.165) is 39.4 Å². The largest absolute Gasteiger partial charge is 0.497 e. The molecule has 0 aliphatic carbocycles. The van der Waals surface area contributed by atoms with E-state index in [1.807, 2.05) is 81.4 Å². The van der Waals surface area contributed by atoms with Crippen LogP contribution in [0.3, 0.4) is 0 Å². The fourth-order valence-electron chi connectivity index (χ4n) is 3.97. The number of amides is 1. The van der Waals surface area contributed by atoms with Gasteiger partial charge in [0.2, 0.25) is 11.1 Å². The van der Waals surface area contributed by atoms with Gasteiger partial charge in [-0.2, -0.15) is 0 Å². The highest BCUT2D eigenvalue weighted by atomic mass is 32.2. The third kappa shape index (κ3) is 6.46. The Morgan fingerprint density at radius 3 is 1.89 bits per heavy atom. The SMILES string of the molecule is CCC(Sc1nnc(-c2ccc(OC)cc2)c(-c2ccc(OC)cc2)n1)C(=O)Nc1cc(C)cc(C)c1. The van der Waals surface area contributed by atoms with Crippen molar-refractivity contribution >= 4 is 23.4 Å². The molecule has 0 spiro atoms. The number of hydrogen-bond acceptors (Lipinski definition) is 7. The summed E-state index contributed by atoms with van der Waals surface area (Å²) in [6.07, 6.45) is 0.614. The summed E-state index contributed by atoms with van der Waals surface area (Å²) in [7, 11) is 3.26. The number of hydrogen-bond donors (Lipinski definition) is 1. The number of carbonyl (C=O) groups excluding carboxylic acids is 1. The van der Waals surface area contributed by atoms with Gasteiger partial charge in [0, 0.05) is 16.8 Å². The van der Waals surface area contributed by atoms with Gasteiger partial charge in [-0.3, -0.25) is 4.79 Å². The molecule has 4 aromatic rings. The van der Waals surface area contributed by atoms with Gasteiger partial charge in [0.05, 0.1) is 19.5 Å². The minimum absolute atomic E-state index is 0.0914. The van der Waals surface area contributed by atoms with Crippen molar-refractivity contribution in [3.63, 3.8) is 0 Å². The van der Waals surface area contributed by atoms with E-state index >= 15 is 0 Å². The second kappa shape index (κ2) is 11.9. The third-order valence-corrected chi connectivity index (χ3v) is 7.01. The number of nitrogens with zero attached hydrogens (tertiary/aromatic N) is 3. The molecule has 0 saturated heterocycles. The summed E-state index contributed by atoms with van der Waals surface area (Å²) in [5.74, 6) is 1.41. The number of aromatic nitrogens is 3. The van der Waals surface area contributed by atoms with Crippen LogP contribution in [0, 0.1) is 13.8 Å². The molecule has 0 saturated carbocycles. The second-order valence-electron chi connectivity index (χ2n) is 8.63. The van der Waals surface area contributed by atoms with Gasteiger partial charge in [0.25, 0.3) is 0 Å². The van der Waals surface area contributed by atoms with Crippen LogP contribution in [0.15, 0.2) is 71.9 Å². The zero-order chi connectivity index (χ0) is 26.4. The minimum Gasteiger partial charge on any atom is -0.497 e. The summed E-state index contributed by atoms with van der Waals surface area (Å²) < 4.78 is 10.6. The minimum atomic E-state index is -0.377. The molecule has 0 aliphatic rings. The first-order valence-electron chi connectivity index (χ1n) is 12.0. The number of methoxy groups -OCH3 is 2. The number of anilines is 1. The highest BCUT2D eigenvalue weighted by Crippen LogP contribution is 2.33. The number of thioether (sulfide) groups is 1. The third-order valence-electron chi connectivity index (χ3n) is 5.79. The summed E-state index contributed by atoms with van der Waals surface area (Å²) >= 11 is 1.31. The highest BCUT2D eigenvalue weighted by Gasteiger charge is 2.22. The van der Waals surface area contributed by atoms with E-state index < -0.39 is 0 Å². The van der Waals surface area contributed by atoms with Crippen LogP contribution < -0.4 is 14.8 Å². The molecule has 1 N–H and O–H groups in total. The van der Waals surface area contributed by atoms with Gasteiger partial charge in [0.15, 0.2) is 0 Å². The van der Waals surface area contributed by atoms with Gasteiger partial charge in [-0.05, 0) is 92.1 Å². The molecule has 4 rings (SSSR count). The van der Waals surface area contributed by atoms with Gasteiger partial charge in [-0.15, -0.1) is 10.2 Å². The molecule has 190 valence electrons. The van der Waals surface area contributed by atoms with Crippen LogP contribution >= 0.6 is 11.8 Å². The Balaban J connectivity index is 1.65. The molecule has 0 fully saturated rings. The maximum Gasteiger partial charge on any atom is 0.237 e. The van der Waals surface area contributed by atoms with Crippen LogP contribution in [0.1, 0.15) is 24.5 Å². The summed E-state index contributed by atoms with van der Waals surface area (Å²) in [4.78, 5) is 18.0. The Labute approximate surface area is 221 Å². The van der Waals surface area contributed by atoms with E-state index in [4.69, 9.17) is 14.5 Å². The van der Waals surface area contributed by atoms with E-state index in [0.29, 0.717) is 23.0 Å². The van der Waals surface area contributed by atoms with Gasteiger partial charge in [-0.1, -0.05) is 24.8 Å². The van der Waals surface area contributed by atoms with Crippen molar-refractivity contribution in [2.75, 3.05) is 19.5 Å². The predicted molar refractivity (Wildman–Crippen MR) is 148 cm³/mol. The maximum absolute atomic E-state index is 13.1. The van der Waals surface area contributed by atoms with Crippen molar-refractivity contribution < 1.29 is 14.3 Å². The molecule has 1 heterocycles. The average Bonchev–Trinajstić information content (AvgIpc) is 2.91. The van der Waals surface area contributed by atoms with Crippen molar-refractivity contribution in [1.29, 1.82) is 0 Å². The van der Waals surface area contributed by atoms with E-state index in [2.05, 4.69) is 21.6 Å². The van der Waals surface area contributed by atoms with E-state index in [-0.39, 0.29) is 11.2 Å². The lowest BCUT2D eigenvalue weighted by Crippen LogP contribution is -2.25. The Morgan fingerprint density at radius 2 is 1.38 bits per heavy atom. The Hall–Kier alpha value is -3.91. The first-order valence-corrected chi connectivity index (χ1v) is 12.9. The monoisotopic (exact) mass is 514 g/mol. The summed E-state index contributed by atoms with van der Waals surface area (Å²) in [6.45, 7) is 6.00. The average molecular weight is 515 g/mol. The van der Waals surface area contributed by atoms with Gasteiger partial charge in [-0.25, -0.2) is 4.98 Å². The number of aryl methyl sites for hydroxylation is 2. The molecule has 0 radical (unpaired) electrons. The molecule has 1 unspecified atom stereocenters. The molecule has 8 heteroatoms. The molecular weight excluding hydrogens is 484 g/mol. The van der Waals surface area contributed by atoms with Crippen molar-refractivity contribution in [3.8, 4) is 34.0 Å². The Morgan fingerprint density at radius 1 is 0.838 bits per heavy atom. The molecule has 1 atom stereocenters. The standard InChI is InChI=1S/C29H30N4O3S/c1-6-25(28(34)30-22-16-18(2)15-19(3)17-22)37-29-31-26(20-7-11-23(35-4)12-8-20)27(32-33-29)21-9-13-24(36-5)14-10-21/h7-17,25H,6H2,1-5H3,(H,30,34). The first-order chi connectivity index (χ1) is 17.9. The normalized spacial score (nSPS) is 11.6. The Bertz CT molecular complexity index is 1360. The molecule has 0 aliphatic heterocycles. The summed E-state index contributed by atoms with van der Waals surface area (Å²) in [6, 6.07) is 21.3. The lowest BCUT2D eigenvalue weighted by molar-refractivity contribution is -0.115. The van der Waals surface area contributed by atoms with Gasteiger partial charge < -0.3 is 14.8 Å². The summed E-state index contributed by atoms with van der Waals surface area (Å²) in [5, 5.41) is 12.0. The molecule has 3 aromatic carbocycles. The van der Waals surface area contributed by atoms with Crippen molar-refractivity contribution in [1.82, 2.24) is 15.2 Å². The molecule has 1 aromatic heterocycles. The van der Waals surface area contributed by atoms with Crippen LogP contribution in [-0.2, 0) is 4.79 Å². The number of rotatable bonds is 9. The van der Waals surface area contributed by atoms with Crippen molar-refractivity contribution in [2.45, 2.75) is 37.6 Å². The number of carbonyl (C=O) groups is 1. The van der Waals surface area contributed by atoms with Crippen LogP contribution in [0.2, 0.25) is 0 Å². The number of nitrogens with one attached hydrogen (secondary N) is 1. The van der Waals surface area contributed by atoms with Crippen LogP contribution in [0.4, 0.5) is 5.69 Å². The first kappa shape index (κ1) is 26.2. The predicted octanol–water partition coefficient (Wildman–Crippen LogP) is 6.35. The van der Waals surface area contributed by atoms with Crippen molar-refractivity contribution in [3.05, 3.63) is 77.9 Å². The lowest BCUT2D eigenvalue weighted by Gasteiger charge is -2.16. The molecule has 37 heavy (non-hydrogen) atoms. The zero-order valence-electron chi connectivity index (χ0n) is 21.6. The number of benzene rings is 3. The molecule has 1 amide bonds. The summed E-state index contributed by atoms with van der Waals surface area (Å²) in [5.41, 5.74) is 6.04. The zero-order valence-corrected chi connectivity index (χ0v) is 22.4. The lowest BCUT2D eigenvalue weighted by atomic mass is 10.0. The van der Waals surface area contributed by atoms with E-state index in [1.165, 1.54) is 11.8 Å². The quantitative estimate of drug-likeness (QED) is 0.261. The molecular formula is C29H30N4O3S. The fraction of sp³-hybridized carbons (Fsp3) is 0.241.